The Balaban J connectivity index is 1.29. The lowest BCUT2D eigenvalue weighted by Gasteiger charge is -2.17. The molecule has 3 saturated carbocycles. The van der Waals surface area contributed by atoms with E-state index in [0.29, 0.717) is 34.4 Å². The van der Waals surface area contributed by atoms with Crippen molar-refractivity contribution < 1.29 is 14.3 Å². The van der Waals surface area contributed by atoms with Gasteiger partial charge in [-0.25, -0.2) is 4.98 Å². The summed E-state index contributed by atoms with van der Waals surface area (Å²) in [6.07, 6.45) is 13.5. The predicted octanol–water partition coefficient (Wildman–Crippen LogP) is 4.65. The number of anilines is 3. The molecule has 2 heterocycles. The van der Waals surface area contributed by atoms with Gasteiger partial charge >= 0.3 is 0 Å². The zero-order valence-corrected chi connectivity index (χ0v) is 20.3. The number of nitrogens with two attached hydrogens (primary N) is 1. The van der Waals surface area contributed by atoms with E-state index in [-0.39, 0.29) is 17.4 Å². The van der Waals surface area contributed by atoms with Gasteiger partial charge in [0.1, 0.15) is 11.6 Å². The first-order chi connectivity index (χ1) is 17.4. The first-order valence-corrected chi connectivity index (χ1v) is 12.5. The van der Waals surface area contributed by atoms with Crippen molar-refractivity contribution in [1.82, 2.24) is 14.8 Å². The Kier molecular flexibility index (Phi) is 5.43. The number of amides is 2. The van der Waals surface area contributed by atoms with E-state index in [1.807, 2.05) is 24.4 Å². The van der Waals surface area contributed by atoms with Crippen LogP contribution in [0.3, 0.4) is 0 Å². The number of nitrogens with one attached hydrogen (secondary N) is 2. The predicted molar refractivity (Wildman–Crippen MR) is 136 cm³/mol. The van der Waals surface area contributed by atoms with Gasteiger partial charge in [-0.3, -0.25) is 14.3 Å². The minimum atomic E-state index is -0.619. The second-order valence-electron chi connectivity index (χ2n) is 10.4. The van der Waals surface area contributed by atoms with Gasteiger partial charge in [0, 0.05) is 35.5 Å². The molecule has 0 bridgehead atoms. The first kappa shape index (κ1) is 22.6. The van der Waals surface area contributed by atoms with Crippen LogP contribution in [0.5, 0.6) is 5.75 Å². The van der Waals surface area contributed by atoms with Crippen LogP contribution in [0.1, 0.15) is 61.3 Å². The summed E-state index contributed by atoms with van der Waals surface area (Å²) in [6, 6.07) is 7.86. The third-order valence-electron chi connectivity index (χ3n) is 7.78. The minimum absolute atomic E-state index is 0.0377. The summed E-state index contributed by atoms with van der Waals surface area (Å²) in [7, 11) is 1.62. The molecule has 3 fully saturated rings. The highest BCUT2D eigenvalue weighted by molar-refractivity contribution is 6.01. The Morgan fingerprint density at radius 3 is 2.67 bits per heavy atom. The number of ether oxygens (including phenoxy) is 1. The molecule has 3 aromatic rings. The average molecular weight is 487 g/mol. The molecular formula is C27H30N6O3. The average Bonchev–Trinajstić information content (AvgIpc) is 3.76. The van der Waals surface area contributed by atoms with E-state index < -0.39 is 5.91 Å². The van der Waals surface area contributed by atoms with Crippen LogP contribution in [0.15, 0.2) is 42.9 Å². The molecular weight excluding hydrogens is 456 g/mol. The first-order valence-electron chi connectivity index (χ1n) is 12.5. The summed E-state index contributed by atoms with van der Waals surface area (Å²) >= 11 is 0. The van der Waals surface area contributed by atoms with Gasteiger partial charge in [0.15, 0.2) is 0 Å². The van der Waals surface area contributed by atoms with Gasteiger partial charge in [0.05, 0.1) is 36.3 Å². The highest BCUT2D eigenvalue weighted by Gasteiger charge is 2.48. The number of carbonyl (C=O) groups is 2. The second kappa shape index (κ2) is 8.65. The number of primary amides is 1. The lowest BCUT2D eigenvalue weighted by molar-refractivity contribution is -0.117. The molecule has 3 aliphatic carbocycles. The van der Waals surface area contributed by atoms with Gasteiger partial charge in [-0.2, -0.15) is 5.10 Å². The fourth-order valence-electron chi connectivity index (χ4n) is 5.34. The van der Waals surface area contributed by atoms with E-state index in [4.69, 9.17) is 10.5 Å². The van der Waals surface area contributed by atoms with Crippen molar-refractivity contribution in [2.24, 2.45) is 17.1 Å². The molecule has 1 spiro atoms. The largest absolute Gasteiger partial charge is 0.494 e. The van der Waals surface area contributed by atoms with Crippen LogP contribution in [0.2, 0.25) is 0 Å². The number of methoxy groups -OCH3 is 1. The quantitative estimate of drug-likeness (QED) is 0.426. The van der Waals surface area contributed by atoms with Crippen molar-refractivity contribution in [3.8, 4) is 16.9 Å². The van der Waals surface area contributed by atoms with Crippen LogP contribution in [0, 0.1) is 11.3 Å². The van der Waals surface area contributed by atoms with Gasteiger partial charge < -0.3 is 21.1 Å². The van der Waals surface area contributed by atoms with Gasteiger partial charge in [-0.15, -0.1) is 0 Å². The molecule has 1 aromatic carbocycles. The summed E-state index contributed by atoms with van der Waals surface area (Å²) in [4.78, 5) is 28.5. The lowest BCUT2D eigenvalue weighted by Crippen LogP contribution is -2.17. The van der Waals surface area contributed by atoms with Crippen molar-refractivity contribution in [3.05, 3.63) is 48.4 Å². The number of aromatic nitrogens is 3. The summed E-state index contributed by atoms with van der Waals surface area (Å²) in [5.74, 6) is 0.340. The minimum Gasteiger partial charge on any atom is -0.494 e. The molecule has 3 aliphatic rings. The number of pyridine rings is 1. The van der Waals surface area contributed by atoms with Crippen LogP contribution >= 0.6 is 0 Å². The second-order valence-corrected chi connectivity index (χ2v) is 10.4. The van der Waals surface area contributed by atoms with Crippen LogP contribution in [0.25, 0.3) is 11.1 Å². The SMILES string of the molecule is COc1c(Nc2cc(NC(=O)C3CC3)ncc2C(N)=O)cccc1-c1cnn([C@H]2CCC3(CC3)C2)c1. The topological polar surface area (TPSA) is 124 Å². The Morgan fingerprint density at radius 2 is 1.97 bits per heavy atom. The molecule has 6 rings (SSSR count). The van der Waals surface area contributed by atoms with Crippen molar-refractivity contribution in [3.63, 3.8) is 0 Å². The lowest BCUT2D eigenvalue weighted by atomic mass is 10.1. The smallest absolute Gasteiger partial charge is 0.252 e. The molecule has 36 heavy (non-hydrogen) atoms. The number of nitrogens with zero attached hydrogens (tertiary/aromatic N) is 3. The Labute approximate surface area is 209 Å². The van der Waals surface area contributed by atoms with E-state index in [2.05, 4.69) is 31.6 Å². The van der Waals surface area contributed by atoms with Crippen LogP contribution in [0.4, 0.5) is 17.2 Å². The molecule has 4 N–H and O–H groups in total. The summed E-state index contributed by atoms with van der Waals surface area (Å²) in [5.41, 5.74) is 9.37. The van der Waals surface area contributed by atoms with E-state index >= 15 is 0 Å². The van der Waals surface area contributed by atoms with E-state index in [1.165, 1.54) is 38.3 Å². The molecule has 9 nitrogen and oxygen atoms in total. The third kappa shape index (κ3) is 4.29. The standard InChI is InChI=1S/C27H30N6O3/c1-36-24-19(17-13-30-33(15-17)18-7-8-27(12-18)9-10-27)3-2-4-21(24)31-22-11-23(29-14-20(22)25(28)34)32-26(35)16-5-6-16/h2-4,11,13-16,18H,5-10,12H2,1H3,(H2,28,34)(H2,29,31,32,35)/t18-/m0/s1. The molecule has 2 aromatic heterocycles. The Hall–Kier alpha value is -3.88. The third-order valence-corrected chi connectivity index (χ3v) is 7.78. The molecule has 2 amide bonds. The molecule has 0 saturated heterocycles. The normalized spacial score (nSPS) is 19.8. The zero-order valence-electron chi connectivity index (χ0n) is 20.3. The maximum atomic E-state index is 12.2. The number of benzene rings is 1. The van der Waals surface area contributed by atoms with Crippen LogP contribution in [-0.2, 0) is 4.79 Å². The maximum Gasteiger partial charge on any atom is 0.252 e. The number of carbonyl (C=O) groups excluding carboxylic acids is 2. The zero-order chi connectivity index (χ0) is 24.9. The van der Waals surface area contributed by atoms with E-state index in [1.54, 1.807) is 13.2 Å². The van der Waals surface area contributed by atoms with Gasteiger partial charge in [-0.1, -0.05) is 12.1 Å². The van der Waals surface area contributed by atoms with Crippen molar-refractivity contribution in [2.45, 2.75) is 51.0 Å². The summed E-state index contributed by atoms with van der Waals surface area (Å²) in [6.45, 7) is 0. The monoisotopic (exact) mass is 486 g/mol. The van der Waals surface area contributed by atoms with Gasteiger partial charge in [0.2, 0.25) is 5.91 Å². The number of rotatable bonds is 8. The molecule has 1 atom stereocenters. The highest BCUT2D eigenvalue weighted by atomic mass is 16.5. The fraction of sp³-hybridized carbons (Fsp3) is 0.407. The molecule has 9 heteroatoms. The summed E-state index contributed by atoms with van der Waals surface area (Å²) in [5, 5.41) is 10.8. The Morgan fingerprint density at radius 1 is 1.14 bits per heavy atom. The number of para-hydroxylation sites is 1. The fourth-order valence-corrected chi connectivity index (χ4v) is 5.34. The van der Waals surface area contributed by atoms with Crippen molar-refractivity contribution in [2.75, 3.05) is 17.7 Å². The van der Waals surface area contributed by atoms with Crippen molar-refractivity contribution >= 4 is 29.0 Å². The van der Waals surface area contributed by atoms with Gasteiger partial charge in [0.25, 0.3) is 5.91 Å². The van der Waals surface area contributed by atoms with Gasteiger partial charge in [-0.05, 0) is 56.4 Å². The molecule has 0 unspecified atom stereocenters. The Bertz CT molecular complexity index is 1340. The number of hydrogen-bond donors (Lipinski definition) is 3. The van der Waals surface area contributed by atoms with Crippen molar-refractivity contribution in [1.29, 1.82) is 0 Å². The summed E-state index contributed by atoms with van der Waals surface area (Å²) < 4.78 is 7.92. The molecule has 186 valence electrons. The van der Waals surface area contributed by atoms with E-state index in [0.717, 1.165) is 24.0 Å². The van der Waals surface area contributed by atoms with Crippen LogP contribution in [-0.4, -0.2) is 33.7 Å². The maximum absolute atomic E-state index is 12.2. The highest BCUT2D eigenvalue weighted by Crippen LogP contribution is 2.60. The molecule has 0 aliphatic heterocycles. The van der Waals surface area contributed by atoms with Crippen LogP contribution < -0.4 is 21.1 Å². The molecule has 0 radical (unpaired) electrons. The number of hydrogen-bond acceptors (Lipinski definition) is 6. The van der Waals surface area contributed by atoms with E-state index in [9.17, 15) is 9.59 Å².